The molecule has 164 valence electrons. The van der Waals surface area contributed by atoms with Crippen molar-refractivity contribution in [3.05, 3.63) is 63.0 Å². The Kier molecular flexibility index (Phi) is 7.46. The number of hydrogen-bond donors (Lipinski definition) is 0. The maximum absolute atomic E-state index is 12.4. The van der Waals surface area contributed by atoms with Gasteiger partial charge in [0.2, 0.25) is 0 Å². The van der Waals surface area contributed by atoms with E-state index in [1.807, 2.05) is 0 Å². The molecule has 0 unspecified atom stereocenters. The van der Waals surface area contributed by atoms with Crippen LogP contribution in [0.15, 0.2) is 41.3 Å². The van der Waals surface area contributed by atoms with Crippen molar-refractivity contribution in [3.63, 3.8) is 0 Å². The Bertz CT molecular complexity index is 1140. The number of rotatable bonds is 8. The van der Waals surface area contributed by atoms with E-state index >= 15 is 0 Å². The minimum absolute atomic E-state index is 0.0674. The Morgan fingerprint density at radius 2 is 1.97 bits per heavy atom. The third kappa shape index (κ3) is 5.25. The van der Waals surface area contributed by atoms with Crippen LogP contribution in [0.3, 0.4) is 0 Å². The van der Waals surface area contributed by atoms with Crippen LogP contribution in [0.4, 0.5) is 4.79 Å². The smallest absolute Gasteiger partial charge is 0.294 e. The Labute approximate surface area is 193 Å². The molecule has 32 heavy (non-hydrogen) atoms. The fraction of sp³-hybridized carbons (Fsp3) is 0.174. The average Bonchev–Trinajstić information content (AvgIpc) is 3.01. The van der Waals surface area contributed by atoms with Crippen LogP contribution in [0.1, 0.15) is 28.4 Å². The number of carboxylic acids is 1. The minimum Gasteiger partial charge on any atom is -0.545 e. The van der Waals surface area contributed by atoms with Crippen molar-refractivity contribution in [1.82, 2.24) is 4.90 Å². The van der Waals surface area contributed by atoms with E-state index in [4.69, 9.17) is 27.5 Å². The van der Waals surface area contributed by atoms with E-state index in [1.54, 1.807) is 31.2 Å². The standard InChI is InChI=1S/C23H18ClNO6S/c1-3-9-25-21(26)19(32-23(25)29)12-15-10-17(24)20(18(11-15)30-4-2)31-13-14-5-7-16(8-6-14)22(27)28/h1,5-8,10-12H,4,9,13H2,2H3,(H,27,28)/p-1/b19-12-. The van der Waals surface area contributed by atoms with Crippen molar-refractivity contribution >= 4 is 46.6 Å². The van der Waals surface area contributed by atoms with E-state index in [1.165, 1.54) is 18.2 Å². The summed E-state index contributed by atoms with van der Waals surface area (Å²) in [6, 6.07) is 9.32. The molecule has 2 aromatic rings. The Hall–Kier alpha value is -3.41. The topological polar surface area (TPSA) is 96.0 Å². The summed E-state index contributed by atoms with van der Waals surface area (Å²) < 4.78 is 11.5. The van der Waals surface area contributed by atoms with E-state index in [9.17, 15) is 19.5 Å². The highest BCUT2D eigenvalue weighted by atomic mass is 35.5. The predicted octanol–water partition coefficient (Wildman–Crippen LogP) is 3.35. The molecule has 0 N–H and O–H groups in total. The fourth-order valence-corrected chi connectivity index (χ4v) is 3.96. The maximum atomic E-state index is 12.4. The molecule has 0 aliphatic carbocycles. The molecule has 2 amide bonds. The highest BCUT2D eigenvalue weighted by Crippen LogP contribution is 2.39. The first kappa shape index (κ1) is 23.3. The fourth-order valence-electron chi connectivity index (χ4n) is 2.85. The number of amides is 2. The molecule has 2 aromatic carbocycles. The van der Waals surface area contributed by atoms with Gasteiger partial charge in [-0.05, 0) is 53.6 Å². The molecule has 0 atom stereocenters. The van der Waals surface area contributed by atoms with Gasteiger partial charge in [0, 0.05) is 0 Å². The van der Waals surface area contributed by atoms with Gasteiger partial charge in [-0.25, -0.2) is 0 Å². The van der Waals surface area contributed by atoms with E-state index in [0.29, 0.717) is 23.7 Å². The van der Waals surface area contributed by atoms with Crippen LogP contribution in [0.25, 0.3) is 6.08 Å². The predicted molar refractivity (Wildman–Crippen MR) is 119 cm³/mol. The van der Waals surface area contributed by atoms with E-state index in [0.717, 1.165) is 22.2 Å². The van der Waals surface area contributed by atoms with Gasteiger partial charge in [0.1, 0.15) is 6.61 Å². The van der Waals surface area contributed by atoms with Gasteiger partial charge >= 0.3 is 0 Å². The van der Waals surface area contributed by atoms with E-state index in [-0.39, 0.29) is 28.6 Å². The molecule has 1 saturated heterocycles. The van der Waals surface area contributed by atoms with Crippen molar-refractivity contribution in [2.75, 3.05) is 13.2 Å². The molecule has 0 spiro atoms. The summed E-state index contributed by atoms with van der Waals surface area (Å²) in [4.78, 5) is 36.4. The largest absolute Gasteiger partial charge is 0.545 e. The highest BCUT2D eigenvalue weighted by molar-refractivity contribution is 8.18. The maximum Gasteiger partial charge on any atom is 0.294 e. The van der Waals surface area contributed by atoms with Crippen molar-refractivity contribution in [2.24, 2.45) is 0 Å². The lowest BCUT2D eigenvalue weighted by atomic mass is 10.1. The number of carboxylic acid groups (broad SMARTS) is 1. The lowest BCUT2D eigenvalue weighted by Crippen LogP contribution is -2.28. The summed E-state index contributed by atoms with van der Waals surface area (Å²) >= 11 is 7.21. The Balaban J connectivity index is 1.83. The molecule has 0 radical (unpaired) electrons. The quantitative estimate of drug-likeness (QED) is 0.431. The summed E-state index contributed by atoms with van der Waals surface area (Å²) in [6.07, 6.45) is 6.75. The number of halogens is 1. The van der Waals surface area contributed by atoms with Crippen molar-refractivity contribution in [3.8, 4) is 23.8 Å². The molecule has 0 saturated carbocycles. The van der Waals surface area contributed by atoms with Crippen LogP contribution in [0.5, 0.6) is 11.5 Å². The Morgan fingerprint density at radius 3 is 2.59 bits per heavy atom. The number of ether oxygens (including phenoxy) is 2. The number of benzene rings is 2. The van der Waals surface area contributed by atoms with Gasteiger partial charge in [0.25, 0.3) is 11.1 Å². The average molecular weight is 471 g/mol. The molecule has 0 bridgehead atoms. The van der Waals surface area contributed by atoms with Gasteiger partial charge in [-0.2, -0.15) is 0 Å². The number of terminal acetylenes is 1. The molecule has 1 aliphatic rings. The zero-order chi connectivity index (χ0) is 23.3. The molecule has 1 heterocycles. The number of nitrogens with zero attached hydrogens (tertiary/aromatic N) is 1. The monoisotopic (exact) mass is 470 g/mol. The van der Waals surface area contributed by atoms with Crippen molar-refractivity contribution in [1.29, 1.82) is 0 Å². The molecular formula is C23H17ClNO6S-. The first-order valence-corrected chi connectivity index (χ1v) is 10.6. The summed E-state index contributed by atoms with van der Waals surface area (Å²) in [6.45, 7) is 2.17. The lowest BCUT2D eigenvalue weighted by Gasteiger charge is -2.15. The molecular weight excluding hydrogens is 454 g/mol. The van der Waals surface area contributed by atoms with Crippen molar-refractivity contribution < 1.29 is 29.0 Å². The van der Waals surface area contributed by atoms with E-state index in [2.05, 4.69) is 5.92 Å². The van der Waals surface area contributed by atoms with Gasteiger partial charge in [0.15, 0.2) is 11.5 Å². The SMILES string of the molecule is C#CCN1C(=O)S/C(=C\c2cc(Cl)c(OCc3ccc(C(=O)[O-])cc3)c(OCC)c2)C1=O. The molecule has 1 aliphatic heterocycles. The second-order valence-corrected chi connectivity index (χ2v) is 7.91. The van der Waals surface area contributed by atoms with Crippen LogP contribution in [-0.2, 0) is 11.4 Å². The normalized spacial score (nSPS) is 14.5. The first-order chi connectivity index (χ1) is 15.3. The van der Waals surface area contributed by atoms with E-state index < -0.39 is 17.1 Å². The number of thioether (sulfide) groups is 1. The number of imide groups is 1. The number of hydrogen-bond acceptors (Lipinski definition) is 7. The second-order valence-electron chi connectivity index (χ2n) is 6.51. The summed E-state index contributed by atoms with van der Waals surface area (Å²) in [7, 11) is 0. The molecule has 3 rings (SSSR count). The van der Waals surface area contributed by atoms with Crippen LogP contribution < -0.4 is 14.6 Å². The van der Waals surface area contributed by atoms with Crippen molar-refractivity contribution in [2.45, 2.75) is 13.5 Å². The van der Waals surface area contributed by atoms with Crippen LogP contribution in [-0.4, -0.2) is 35.2 Å². The third-order valence-corrected chi connectivity index (χ3v) is 5.51. The van der Waals surface area contributed by atoms with Gasteiger partial charge in [-0.3, -0.25) is 14.5 Å². The number of aromatic carboxylic acids is 1. The van der Waals surface area contributed by atoms with Crippen LogP contribution >= 0.6 is 23.4 Å². The second kappa shape index (κ2) is 10.3. The van der Waals surface area contributed by atoms with Crippen LogP contribution in [0.2, 0.25) is 5.02 Å². The summed E-state index contributed by atoms with van der Waals surface area (Å²) in [5.41, 5.74) is 1.34. The molecule has 7 nitrogen and oxygen atoms in total. The number of carbonyl (C=O) groups is 3. The first-order valence-electron chi connectivity index (χ1n) is 9.42. The van der Waals surface area contributed by atoms with Gasteiger partial charge < -0.3 is 19.4 Å². The zero-order valence-corrected chi connectivity index (χ0v) is 18.5. The van der Waals surface area contributed by atoms with Gasteiger partial charge in [0.05, 0.1) is 29.0 Å². The lowest BCUT2D eigenvalue weighted by molar-refractivity contribution is -0.255. The molecule has 1 fully saturated rings. The summed E-state index contributed by atoms with van der Waals surface area (Å²) in [5.74, 6) is 1.23. The Morgan fingerprint density at radius 1 is 1.25 bits per heavy atom. The highest BCUT2D eigenvalue weighted by Gasteiger charge is 2.34. The van der Waals surface area contributed by atoms with Crippen LogP contribution in [0, 0.1) is 12.3 Å². The molecule has 0 aromatic heterocycles. The summed E-state index contributed by atoms with van der Waals surface area (Å²) in [5, 5.41) is 10.7. The zero-order valence-electron chi connectivity index (χ0n) is 16.9. The minimum atomic E-state index is -1.26. The number of carbonyl (C=O) groups excluding carboxylic acids is 3. The van der Waals surface area contributed by atoms with Gasteiger partial charge in [-0.15, -0.1) is 6.42 Å². The molecule has 9 heteroatoms. The van der Waals surface area contributed by atoms with Gasteiger partial charge in [-0.1, -0.05) is 41.8 Å². The third-order valence-electron chi connectivity index (χ3n) is 4.33.